The molecule has 126 valence electrons. The number of alkyl halides is 3. The largest absolute Gasteiger partial charge is 0.417 e. The minimum Gasteiger partial charge on any atom is -0.294 e. The normalized spacial score (nSPS) is 29.5. The Morgan fingerprint density at radius 1 is 1.09 bits per heavy atom. The van der Waals surface area contributed by atoms with Gasteiger partial charge in [0.15, 0.2) is 15.6 Å². The Kier molecular flexibility index (Phi) is 3.78. The summed E-state index contributed by atoms with van der Waals surface area (Å²) in [4.78, 5) is 12.5. The second kappa shape index (κ2) is 5.29. The third kappa shape index (κ3) is 2.77. The molecule has 2 aliphatic heterocycles. The van der Waals surface area contributed by atoms with E-state index >= 15 is 0 Å². The predicted molar refractivity (Wildman–Crippen MR) is 74.2 cm³/mol. The summed E-state index contributed by atoms with van der Waals surface area (Å²) in [5.41, 5.74) is -1.88. The SMILES string of the molecule is O=C(c1cc(F)ccc1C(F)(F)F)C1CC2CCC(C1)S2(=O)=O. The molecule has 0 amide bonds. The van der Waals surface area contributed by atoms with Crippen molar-refractivity contribution < 1.29 is 30.8 Å². The Morgan fingerprint density at radius 3 is 2.17 bits per heavy atom. The lowest BCUT2D eigenvalue weighted by Gasteiger charge is -2.27. The van der Waals surface area contributed by atoms with Gasteiger partial charge in [-0.25, -0.2) is 12.8 Å². The Labute approximate surface area is 130 Å². The van der Waals surface area contributed by atoms with Crippen molar-refractivity contribution in [3.05, 3.63) is 35.1 Å². The zero-order chi connectivity index (χ0) is 17.0. The van der Waals surface area contributed by atoms with E-state index in [2.05, 4.69) is 0 Å². The zero-order valence-corrected chi connectivity index (χ0v) is 12.8. The van der Waals surface area contributed by atoms with Crippen LogP contribution in [0.25, 0.3) is 0 Å². The molecule has 0 saturated carbocycles. The molecule has 0 N–H and O–H groups in total. The number of benzene rings is 1. The van der Waals surface area contributed by atoms with Gasteiger partial charge >= 0.3 is 6.18 Å². The second-order valence-corrected chi connectivity index (χ2v) is 8.64. The van der Waals surface area contributed by atoms with Crippen LogP contribution in [-0.4, -0.2) is 24.7 Å². The van der Waals surface area contributed by atoms with Gasteiger partial charge in [-0.15, -0.1) is 0 Å². The highest BCUT2D eigenvalue weighted by Gasteiger charge is 2.49. The first-order chi connectivity index (χ1) is 10.6. The summed E-state index contributed by atoms with van der Waals surface area (Å²) in [6, 6.07) is 1.81. The van der Waals surface area contributed by atoms with E-state index in [0.29, 0.717) is 31.0 Å². The Balaban J connectivity index is 1.95. The molecule has 2 unspecified atom stereocenters. The van der Waals surface area contributed by atoms with Crippen LogP contribution in [0.3, 0.4) is 0 Å². The van der Waals surface area contributed by atoms with Crippen molar-refractivity contribution in [2.75, 3.05) is 0 Å². The fraction of sp³-hybridized carbons (Fsp3) is 0.533. The standard InChI is InChI=1S/C15H14F4O3S/c16-9-1-4-13(15(17,18)19)12(7-9)14(20)8-5-10-2-3-11(6-8)23(10,21)22/h1,4,7-8,10-11H,2-3,5-6H2. The van der Waals surface area contributed by atoms with E-state index in [0.717, 1.165) is 0 Å². The molecule has 23 heavy (non-hydrogen) atoms. The Morgan fingerprint density at radius 2 is 1.65 bits per heavy atom. The molecule has 0 radical (unpaired) electrons. The number of ketones is 1. The average molecular weight is 350 g/mol. The maximum Gasteiger partial charge on any atom is 0.417 e. The van der Waals surface area contributed by atoms with Gasteiger partial charge in [0.25, 0.3) is 0 Å². The number of carbonyl (C=O) groups excluding carboxylic acids is 1. The highest BCUT2D eigenvalue weighted by Crippen LogP contribution is 2.43. The summed E-state index contributed by atoms with van der Waals surface area (Å²) < 4.78 is 76.4. The third-order valence-electron chi connectivity index (χ3n) is 4.76. The van der Waals surface area contributed by atoms with Crippen molar-refractivity contribution in [3.63, 3.8) is 0 Å². The van der Waals surface area contributed by atoms with E-state index < -0.39 is 55.2 Å². The average Bonchev–Trinajstić information content (AvgIpc) is 2.65. The van der Waals surface area contributed by atoms with Crippen molar-refractivity contribution >= 4 is 15.6 Å². The predicted octanol–water partition coefficient (Wildman–Crippen LogP) is 3.38. The first-order valence-corrected chi connectivity index (χ1v) is 8.85. The number of fused-ring (bicyclic) bond motifs is 2. The summed E-state index contributed by atoms with van der Waals surface area (Å²) in [5, 5.41) is -1.34. The molecule has 1 aromatic rings. The molecule has 2 aliphatic rings. The van der Waals surface area contributed by atoms with Crippen molar-refractivity contribution in [2.45, 2.75) is 42.4 Å². The summed E-state index contributed by atoms with van der Waals surface area (Å²) in [6.45, 7) is 0. The van der Waals surface area contributed by atoms with Gasteiger partial charge in [0, 0.05) is 11.5 Å². The van der Waals surface area contributed by atoms with Crippen LogP contribution in [0.5, 0.6) is 0 Å². The molecule has 0 spiro atoms. The van der Waals surface area contributed by atoms with E-state index in [-0.39, 0.29) is 12.8 Å². The molecular weight excluding hydrogens is 336 g/mol. The van der Waals surface area contributed by atoms with Gasteiger partial charge in [-0.2, -0.15) is 13.2 Å². The van der Waals surface area contributed by atoms with Gasteiger partial charge in [0.1, 0.15) is 5.82 Å². The number of hydrogen-bond donors (Lipinski definition) is 0. The summed E-state index contributed by atoms with van der Waals surface area (Å²) in [6.07, 6.45) is -3.85. The molecule has 3 nitrogen and oxygen atoms in total. The van der Waals surface area contributed by atoms with Crippen LogP contribution in [0.2, 0.25) is 0 Å². The maximum absolute atomic E-state index is 13.3. The van der Waals surface area contributed by atoms with Crippen molar-refractivity contribution in [1.82, 2.24) is 0 Å². The van der Waals surface area contributed by atoms with Gasteiger partial charge in [0.05, 0.1) is 16.1 Å². The van der Waals surface area contributed by atoms with Gasteiger partial charge in [-0.3, -0.25) is 4.79 Å². The van der Waals surface area contributed by atoms with Gasteiger partial charge in [0.2, 0.25) is 0 Å². The number of rotatable bonds is 2. The van der Waals surface area contributed by atoms with E-state index in [4.69, 9.17) is 0 Å². The van der Waals surface area contributed by atoms with Crippen LogP contribution in [0, 0.1) is 11.7 Å². The lowest BCUT2D eigenvalue weighted by Crippen LogP contribution is -2.36. The van der Waals surface area contributed by atoms with E-state index in [9.17, 15) is 30.8 Å². The van der Waals surface area contributed by atoms with Crippen LogP contribution in [0.1, 0.15) is 41.6 Å². The number of hydrogen-bond acceptors (Lipinski definition) is 3. The van der Waals surface area contributed by atoms with Crippen molar-refractivity contribution in [2.24, 2.45) is 5.92 Å². The molecule has 2 saturated heterocycles. The van der Waals surface area contributed by atoms with Crippen LogP contribution in [0.4, 0.5) is 17.6 Å². The maximum atomic E-state index is 13.3. The van der Waals surface area contributed by atoms with Crippen molar-refractivity contribution in [3.8, 4) is 0 Å². The van der Waals surface area contributed by atoms with E-state index in [1.165, 1.54) is 0 Å². The molecule has 2 fully saturated rings. The molecular formula is C15H14F4O3S. The van der Waals surface area contributed by atoms with Crippen LogP contribution in [-0.2, 0) is 16.0 Å². The topological polar surface area (TPSA) is 51.2 Å². The highest BCUT2D eigenvalue weighted by atomic mass is 32.2. The molecule has 8 heteroatoms. The molecule has 2 heterocycles. The van der Waals surface area contributed by atoms with Gasteiger partial charge in [-0.1, -0.05) is 0 Å². The van der Waals surface area contributed by atoms with Crippen LogP contribution in [0.15, 0.2) is 18.2 Å². The zero-order valence-electron chi connectivity index (χ0n) is 11.9. The molecule has 1 aromatic carbocycles. The molecule has 0 aromatic heterocycles. The van der Waals surface area contributed by atoms with Crippen LogP contribution < -0.4 is 0 Å². The summed E-state index contributed by atoms with van der Waals surface area (Å²) in [5.74, 6) is -2.55. The third-order valence-corrected chi connectivity index (χ3v) is 7.47. The molecule has 2 atom stereocenters. The van der Waals surface area contributed by atoms with Gasteiger partial charge < -0.3 is 0 Å². The van der Waals surface area contributed by atoms with Crippen LogP contribution >= 0.6 is 0 Å². The first-order valence-electron chi connectivity index (χ1n) is 7.24. The fourth-order valence-corrected chi connectivity index (χ4v) is 6.08. The number of carbonyl (C=O) groups is 1. The first kappa shape index (κ1) is 16.4. The minimum absolute atomic E-state index is 0.0193. The number of Topliss-reactive ketones (excluding diaryl/α,β-unsaturated/α-hetero) is 1. The minimum atomic E-state index is -4.77. The Bertz CT molecular complexity index is 734. The monoisotopic (exact) mass is 350 g/mol. The molecule has 0 aliphatic carbocycles. The van der Waals surface area contributed by atoms with E-state index in [1.807, 2.05) is 0 Å². The van der Waals surface area contributed by atoms with Gasteiger partial charge in [-0.05, 0) is 43.9 Å². The summed E-state index contributed by atoms with van der Waals surface area (Å²) in [7, 11) is -3.27. The molecule has 3 rings (SSSR count). The summed E-state index contributed by atoms with van der Waals surface area (Å²) >= 11 is 0. The molecule has 2 bridgehead atoms. The quantitative estimate of drug-likeness (QED) is 0.607. The lowest BCUT2D eigenvalue weighted by atomic mass is 9.88. The Hall–Kier alpha value is -1.44. The van der Waals surface area contributed by atoms with E-state index in [1.54, 1.807) is 0 Å². The second-order valence-electron chi connectivity index (χ2n) is 6.13. The van der Waals surface area contributed by atoms with Crippen molar-refractivity contribution in [1.29, 1.82) is 0 Å². The lowest BCUT2D eigenvalue weighted by molar-refractivity contribution is -0.138. The number of halogens is 4. The number of sulfone groups is 1. The highest BCUT2D eigenvalue weighted by molar-refractivity contribution is 7.93. The fourth-order valence-electron chi connectivity index (χ4n) is 3.61. The smallest absolute Gasteiger partial charge is 0.294 e.